The van der Waals surface area contributed by atoms with E-state index >= 15 is 0 Å². The number of furan rings is 1. The van der Waals surface area contributed by atoms with Gasteiger partial charge in [0.05, 0.1) is 21.9 Å². The summed E-state index contributed by atoms with van der Waals surface area (Å²) in [6, 6.07) is 16.0. The van der Waals surface area contributed by atoms with Crippen molar-refractivity contribution in [2.24, 2.45) is 0 Å². The number of thiocarbonyl (C=S) groups is 1. The van der Waals surface area contributed by atoms with E-state index in [0.717, 1.165) is 11.8 Å². The minimum atomic E-state index is -0.936. The summed E-state index contributed by atoms with van der Waals surface area (Å²) < 4.78 is 6.11. The summed E-state index contributed by atoms with van der Waals surface area (Å²) in [6.45, 7) is 0. The quantitative estimate of drug-likeness (QED) is 0.236. The van der Waals surface area contributed by atoms with E-state index in [1.54, 1.807) is 54.6 Å². The molecule has 32 heavy (non-hydrogen) atoms. The number of nitro groups is 1. The molecule has 160 valence electrons. The Labute approximate surface area is 191 Å². The molecular weight excluding hydrogens is 452 g/mol. The maximum atomic E-state index is 12.9. The first-order chi connectivity index (χ1) is 15.3. The van der Waals surface area contributed by atoms with Gasteiger partial charge >= 0.3 is 5.97 Å². The van der Waals surface area contributed by atoms with Crippen molar-refractivity contribution < 1.29 is 24.0 Å². The molecule has 0 saturated carbocycles. The largest absolute Gasteiger partial charge is 0.481 e. The highest BCUT2D eigenvalue weighted by atomic mass is 32.2. The fourth-order valence-corrected chi connectivity index (χ4v) is 4.39. The van der Waals surface area contributed by atoms with Crippen molar-refractivity contribution in [3.63, 3.8) is 0 Å². The molecule has 2 aromatic carbocycles. The molecule has 4 rings (SSSR count). The van der Waals surface area contributed by atoms with Crippen molar-refractivity contribution >= 4 is 57.6 Å². The molecule has 1 saturated heterocycles. The van der Waals surface area contributed by atoms with Crippen molar-refractivity contribution in [1.29, 1.82) is 0 Å². The van der Waals surface area contributed by atoms with Gasteiger partial charge < -0.3 is 9.52 Å². The molecule has 10 heteroatoms. The average Bonchev–Trinajstić information content (AvgIpc) is 3.33. The number of benzene rings is 2. The van der Waals surface area contributed by atoms with E-state index in [1.807, 2.05) is 0 Å². The zero-order valence-electron chi connectivity index (χ0n) is 16.3. The molecule has 0 aliphatic carbocycles. The van der Waals surface area contributed by atoms with Crippen LogP contribution in [0.5, 0.6) is 0 Å². The fraction of sp³-hybridized carbons (Fsp3) is 0.0455. The summed E-state index contributed by atoms with van der Waals surface area (Å²) in [5, 5.41) is 19.9. The van der Waals surface area contributed by atoms with Crippen LogP contribution in [-0.4, -0.2) is 26.2 Å². The Morgan fingerprint density at radius 1 is 1.19 bits per heavy atom. The normalized spacial score (nSPS) is 14.9. The molecule has 8 nitrogen and oxygen atoms in total. The van der Waals surface area contributed by atoms with Gasteiger partial charge in [0.25, 0.3) is 11.6 Å². The van der Waals surface area contributed by atoms with Crippen LogP contribution in [0.2, 0.25) is 0 Å². The van der Waals surface area contributed by atoms with Crippen LogP contribution in [0.25, 0.3) is 17.4 Å². The van der Waals surface area contributed by atoms with Crippen LogP contribution in [-0.2, 0) is 16.0 Å². The van der Waals surface area contributed by atoms with Crippen molar-refractivity contribution in [1.82, 2.24) is 0 Å². The van der Waals surface area contributed by atoms with E-state index in [4.69, 9.17) is 21.7 Å². The lowest BCUT2D eigenvalue weighted by atomic mass is 10.1. The van der Waals surface area contributed by atoms with Gasteiger partial charge in [0.2, 0.25) is 0 Å². The molecule has 0 spiro atoms. The zero-order valence-corrected chi connectivity index (χ0v) is 17.9. The Kier molecular flexibility index (Phi) is 5.89. The lowest BCUT2D eigenvalue weighted by Gasteiger charge is -2.14. The summed E-state index contributed by atoms with van der Waals surface area (Å²) >= 11 is 6.48. The van der Waals surface area contributed by atoms with E-state index < -0.39 is 10.9 Å². The smallest absolute Gasteiger partial charge is 0.307 e. The molecule has 3 aromatic rings. The van der Waals surface area contributed by atoms with E-state index in [0.29, 0.717) is 37.6 Å². The summed E-state index contributed by atoms with van der Waals surface area (Å²) in [5.41, 5.74) is 1.66. The number of rotatable bonds is 6. The van der Waals surface area contributed by atoms with Crippen LogP contribution in [0.4, 0.5) is 11.4 Å². The standard InChI is InChI=1S/C22H14N2O6S2/c25-20(26)10-13-4-6-15(7-5-13)23-21(27)19(32-22(23)31)12-17-8-9-18(30-17)14-2-1-3-16(11-14)24(28)29/h1-9,11-12H,10H2,(H,25,26)/b19-12+. The Balaban J connectivity index is 1.55. The SMILES string of the molecule is O=C(O)Cc1ccc(N2C(=O)/C(=C\c3ccc(-c4cccc([N+](=O)[O-])c4)o3)SC2=S)cc1. The minimum Gasteiger partial charge on any atom is -0.481 e. The Morgan fingerprint density at radius 3 is 2.62 bits per heavy atom. The first kappa shape index (κ1) is 21.5. The number of thioether (sulfide) groups is 1. The number of non-ortho nitro benzene ring substituents is 1. The fourth-order valence-electron chi connectivity index (χ4n) is 3.12. The van der Waals surface area contributed by atoms with Crippen LogP contribution in [0, 0.1) is 10.1 Å². The first-order valence-corrected chi connectivity index (χ1v) is 10.5. The van der Waals surface area contributed by atoms with Crippen LogP contribution < -0.4 is 4.90 Å². The number of carbonyl (C=O) groups is 2. The number of carboxylic acids is 1. The molecule has 0 atom stereocenters. The molecule has 1 aliphatic heterocycles. The highest BCUT2D eigenvalue weighted by Crippen LogP contribution is 2.37. The predicted octanol–water partition coefficient (Wildman–Crippen LogP) is 4.89. The Hall–Kier alpha value is -3.76. The van der Waals surface area contributed by atoms with Crippen LogP contribution >= 0.6 is 24.0 Å². The number of hydrogen-bond donors (Lipinski definition) is 1. The first-order valence-electron chi connectivity index (χ1n) is 9.25. The van der Waals surface area contributed by atoms with Crippen molar-refractivity contribution in [3.05, 3.63) is 87.0 Å². The van der Waals surface area contributed by atoms with Gasteiger partial charge in [-0.3, -0.25) is 24.6 Å². The molecule has 2 heterocycles. The summed E-state index contributed by atoms with van der Waals surface area (Å²) in [4.78, 5) is 36.0. The van der Waals surface area contributed by atoms with Crippen LogP contribution in [0.15, 0.2) is 70.0 Å². The van der Waals surface area contributed by atoms with Gasteiger partial charge in [-0.05, 0) is 29.8 Å². The highest BCUT2D eigenvalue weighted by Gasteiger charge is 2.33. The van der Waals surface area contributed by atoms with Gasteiger partial charge in [0.1, 0.15) is 11.5 Å². The molecule has 1 aliphatic rings. The van der Waals surface area contributed by atoms with Crippen molar-refractivity contribution in [2.45, 2.75) is 6.42 Å². The number of amides is 1. The maximum Gasteiger partial charge on any atom is 0.307 e. The van der Waals surface area contributed by atoms with Crippen LogP contribution in [0.3, 0.4) is 0 Å². The summed E-state index contributed by atoms with van der Waals surface area (Å²) in [7, 11) is 0. The second-order valence-electron chi connectivity index (χ2n) is 6.76. The summed E-state index contributed by atoms with van der Waals surface area (Å²) in [5.74, 6) is -0.415. The summed E-state index contributed by atoms with van der Waals surface area (Å²) in [6.07, 6.45) is 1.46. The molecular formula is C22H14N2O6S2. The Morgan fingerprint density at radius 2 is 1.94 bits per heavy atom. The van der Waals surface area contributed by atoms with E-state index in [-0.39, 0.29) is 18.0 Å². The third-order valence-corrected chi connectivity index (χ3v) is 5.89. The Bertz CT molecular complexity index is 1280. The van der Waals surface area contributed by atoms with E-state index in [2.05, 4.69) is 0 Å². The van der Waals surface area contributed by atoms with Gasteiger partial charge in [-0.1, -0.05) is 48.2 Å². The number of nitrogens with zero attached hydrogens (tertiary/aromatic N) is 2. The number of nitro benzene ring substituents is 1. The molecule has 0 bridgehead atoms. The second-order valence-corrected chi connectivity index (χ2v) is 8.44. The van der Waals surface area contributed by atoms with Gasteiger partial charge in [-0.15, -0.1) is 0 Å². The molecule has 1 amide bonds. The van der Waals surface area contributed by atoms with Gasteiger partial charge in [0.15, 0.2) is 4.32 Å². The lowest BCUT2D eigenvalue weighted by molar-refractivity contribution is -0.384. The lowest BCUT2D eigenvalue weighted by Crippen LogP contribution is -2.27. The molecule has 0 unspecified atom stereocenters. The molecule has 1 fully saturated rings. The third kappa shape index (κ3) is 4.46. The van der Waals surface area contributed by atoms with Crippen LogP contribution in [0.1, 0.15) is 11.3 Å². The predicted molar refractivity (Wildman–Crippen MR) is 124 cm³/mol. The van der Waals surface area contributed by atoms with E-state index in [9.17, 15) is 19.7 Å². The van der Waals surface area contributed by atoms with Gasteiger partial charge in [-0.25, -0.2) is 0 Å². The third-order valence-electron chi connectivity index (χ3n) is 4.59. The topological polar surface area (TPSA) is 114 Å². The number of carboxylic acid groups (broad SMARTS) is 1. The second kappa shape index (κ2) is 8.77. The number of hydrogen-bond acceptors (Lipinski definition) is 7. The van der Waals surface area contributed by atoms with Gasteiger partial charge in [0, 0.05) is 23.8 Å². The number of carbonyl (C=O) groups excluding carboxylic acids is 1. The maximum absolute atomic E-state index is 12.9. The molecule has 0 radical (unpaired) electrons. The average molecular weight is 466 g/mol. The van der Waals surface area contributed by atoms with E-state index in [1.165, 1.54) is 17.0 Å². The highest BCUT2D eigenvalue weighted by molar-refractivity contribution is 8.27. The van der Waals surface area contributed by atoms with Crippen molar-refractivity contribution in [2.75, 3.05) is 4.90 Å². The molecule has 1 aromatic heterocycles. The molecule has 1 N–H and O–H groups in total. The monoisotopic (exact) mass is 466 g/mol. The minimum absolute atomic E-state index is 0.0457. The number of anilines is 1. The zero-order chi connectivity index (χ0) is 22.8. The van der Waals surface area contributed by atoms with Crippen molar-refractivity contribution in [3.8, 4) is 11.3 Å². The number of aliphatic carboxylic acids is 1. The van der Waals surface area contributed by atoms with Gasteiger partial charge in [-0.2, -0.15) is 0 Å².